The normalized spacial score (nSPS) is 20.2. The van der Waals surface area contributed by atoms with Gasteiger partial charge in [0, 0.05) is 22.9 Å². The lowest BCUT2D eigenvalue weighted by molar-refractivity contribution is -0.145. The fourth-order valence-electron chi connectivity index (χ4n) is 3.58. The number of nitrogens with zero attached hydrogens (tertiary/aromatic N) is 5. The number of oxime groups is 1. The van der Waals surface area contributed by atoms with E-state index in [2.05, 4.69) is 38.1 Å². The Morgan fingerprint density at radius 1 is 1.38 bits per heavy atom. The summed E-state index contributed by atoms with van der Waals surface area (Å²) in [7, 11) is 1.30. The molecule has 0 saturated carbocycles. The van der Waals surface area contributed by atoms with Crippen LogP contribution in [0.5, 0.6) is 0 Å². The second-order valence-electron chi connectivity index (χ2n) is 7.03. The molecule has 15 heteroatoms. The zero-order valence-corrected chi connectivity index (χ0v) is 20.6. The predicted octanol–water partition coefficient (Wildman–Crippen LogP) is 1.35. The first kappa shape index (κ1) is 22.8. The van der Waals surface area contributed by atoms with Gasteiger partial charge in [-0.2, -0.15) is 0 Å². The first-order valence-corrected chi connectivity index (χ1v) is 12.8. The highest BCUT2D eigenvalue weighted by Gasteiger charge is 2.54. The smallest absolute Gasteiger partial charge is 0.276 e. The van der Waals surface area contributed by atoms with Crippen molar-refractivity contribution in [1.29, 1.82) is 0 Å². The van der Waals surface area contributed by atoms with Gasteiger partial charge in [0.15, 0.2) is 16.5 Å². The molecule has 174 valence electrons. The van der Waals surface area contributed by atoms with Crippen molar-refractivity contribution >= 4 is 90.8 Å². The number of thiol groups is 1. The molecule has 1 saturated heterocycles. The van der Waals surface area contributed by atoms with Crippen LogP contribution in [0.3, 0.4) is 0 Å². The molecule has 0 radical (unpaired) electrons. The van der Waals surface area contributed by atoms with Crippen LogP contribution in [0.2, 0.25) is 0 Å². The number of rotatable bonds is 6. The lowest BCUT2D eigenvalue weighted by Crippen LogP contribution is -2.70. The minimum Gasteiger partial charge on any atom is -0.398 e. The molecule has 0 spiro atoms. The van der Waals surface area contributed by atoms with Crippen LogP contribution in [0.15, 0.2) is 34.6 Å². The number of pyridine rings is 1. The number of anilines is 1. The summed E-state index contributed by atoms with van der Waals surface area (Å²) < 4.78 is 0.871. The zero-order chi connectivity index (χ0) is 24.0. The summed E-state index contributed by atoms with van der Waals surface area (Å²) in [6.07, 6.45) is 1.64. The molecule has 11 nitrogen and oxygen atoms in total. The summed E-state index contributed by atoms with van der Waals surface area (Å²) >= 11 is 7.97. The second-order valence-corrected chi connectivity index (χ2v) is 10.5. The molecule has 0 bridgehead atoms. The van der Waals surface area contributed by atoms with Crippen LogP contribution in [0, 0.1) is 0 Å². The molecule has 34 heavy (non-hydrogen) atoms. The molecule has 2 aliphatic rings. The average molecular weight is 534 g/mol. The number of thioether (sulfide) groups is 1. The number of carbonyl (C=O) groups excluding carboxylic acids is 3. The number of β-lactam (4-membered cyclic amide) rings is 1. The maximum Gasteiger partial charge on any atom is 0.276 e. The number of nitrogens with one attached hydrogen (secondary N) is 1. The van der Waals surface area contributed by atoms with Crippen LogP contribution in [-0.2, 0) is 19.2 Å². The highest BCUT2D eigenvalue weighted by atomic mass is 32.2. The summed E-state index contributed by atoms with van der Waals surface area (Å²) in [5.41, 5.74) is 7.13. The molecule has 5 heterocycles. The third-order valence-corrected chi connectivity index (χ3v) is 8.28. The Morgan fingerprint density at radius 2 is 2.21 bits per heavy atom. The van der Waals surface area contributed by atoms with E-state index >= 15 is 0 Å². The Bertz CT molecular complexity index is 1360. The van der Waals surface area contributed by atoms with Crippen molar-refractivity contribution in [2.45, 2.75) is 11.4 Å². The van der Waals surface area contributed by atoms with Gasteiger partial charge in [-0.15, -0.1) is 34.4 Å². The third-order valence-electron chi connectivity index (χ3n) is 5.04. The Balaban J connectivity index is 1.41. The molecule has 2 atom stereocenters. The Kier molecular flexibility index (Phi) is 6.01. The van der Waals surface area contributed by atoms with Crippen molar-refractivity contribution in [2.24, 2.45) is 5.16 Å². The SMILES string of the molecule is CO/N=C(\C(=O)NC1C(=O)N2C(C(=O)S)=C(c3nc4ncccc4s3)CS[C@H]12)c1csc(N)n1. The number of nitrogens with two attached hydrogens (primary N) is 1. The molecule has 1 unspecified atom stereocenters. The first-order chi connectivity index (χ1) is 16.4. The van der Waals surface area contributed by atoms with Crippen LogP contribution >= 0.6 is 47.1 Å². The molecule has 3 aromatic rings. The van der Waals surface area contributed by atoms with Crippen LogP contribution in [-0.4, -0.2) is 66.8 Å². The molecule has 0 aliphatic carbocycles. The molecule has 3 aromatic heterocycles. The molecule has 2 aliphatic heterocycles. The van der Waals surface area contributed by atoms with Gasteiger partial charge in [-0.1, -0.05) is 17.8 Å². The van der Waals surface area contributed by atoms with Crippen LogP contribution in [0.4, 0.5) is 5.13 Å². The quantitative estimate of drug-likeness (QED) is 0.184. The summed E-state index contributed by atoms with van der Waals surface area (Å²) in [5, 5.41) is 7.81. The maximum absolute atomic E-state index is 13.1. The molecular formula is C19H15N7O4S4. The number of aromatic nitrogens is 3. The van der Waals surface area contributed by atoms with E-state index < -0.39 is 28.3 Å². The second kappa shape index (κ2) is 8.98. The summed E-state index contributed by atoms with van der Waals surface area (Å²) in [5.74, 6) is -0.671. The van der Waals surface area contributed by atoms with Gasteiger partial charge in [0.2, 0.25) is 5.12 Å². The minimum absolute atomic E-state index is 0.105. The largest absolute Gasteiger partial charge is 0.398 e. The fourth-order valence-corrected chi connectivity index (χ4v) is 6.78. The lowest BCUT2D eigenvalue weighted by atomic mass is 10.0. The molecular weight excluding hydrogens is 519 g/mol. The van der Waals surface area contributed by atoms with Gasteiger partial charge in [0.1, 0.15) is 34.9 Å². The van der Waals surface area contributed by atoms with Gasteiger partial charge in [-0.3, -0.25) is 19.3 Å². The number of carbonyl (C=O) groups is 3. The topological polar surface area (TPSA) is 153 Å². The van der Waals surface area contributed by atoms with Crippen molar-refractivity contribution in [3.63, 3.8) is 0 Å². The van der Waals surface area contributed by atoms with E-state index in [0.29, 0.717) is 22.0 Å². The van der Waals surface area contributed by atoms with E-state index in [9.17, 15) is 14.4 Å². The lowest BCUT2D eigenvalue weighted by Gasteiger charge is -2.49. The van der Waals surface area contributed by atoms with Crippen molar-refractivity contribution in [3.05, 3.63) is 40.1 Å². The van der Waals surface area contributed by atoms with Gasteiger partial charge in [-0.05, 0) is 12.1 Å². The molecule has 3 N–H and O–H groups in total. The summed E-state index contributed by atoms with van der Waals surface area (Å²) in [6, 6.07) is 2.83. The van der Waals surface area contributed by atoms with E-state index in [1.807, 2.05) is 12.1 Å². The number of nitrogen functional groups attached to an aromatic ring is 1. The summed E-state index contributed by atoms with van der Waals surface area (Å²) in [6.45, 7) is 0. The highest BCUT2D eigenvalue weighted by Crippen LogP contribution is 2.44. The number of hydrogen-bond acceptors (Lipinski definition) is 12. The minimum atomic E-state index is -0.864. The van der Waals surface area contributed by atoms with E-state index in [-0.39, 0.29) is 22.2 Å². The van der Waals surface area contributed by atoms with Crippen molar-refractivity contribution in [2.75, 3.05) is 18.6 Å². The van der Waals surface area contributed by atoms with Gasteiger partial charge >= 0.3 is 0 Å². The molecule has 5 rings (SSSR count). The van der Waals surface area contributed by atoms with Crippen LogP contribution in [0.1, 0.15) is 10.7 Å². The summed E-state index contributed by atoms with van der Waals surface area (Å²) in [4.78, 5) is 57.3. The van der Waals surface area contributed by atoms with Gasteiger partial charge in [0.05, 0.1) is 4.70 Å². The maximum atomic E-state index is 13.1. The average Bonchev–Trinajstić information content (AvgIpc) is 3.45. The highest BCUT2D eigenvalue weighted by molar-refractivity contribution is 8.00. The van der Waals surface area contributed by atoms with E-state index in [1.165, 1.54) is 35.1 Å². The molecule has 1 fully saturated rings. The number of fused-ring (bicyclic) bond motifs is 2. The van der Waals surface area contributed by atoms with Gasteiger partial charge < -0.3 is 15.9 Å². The van der Waals surface area contributed by atoms with E-state index in [0.717, 1.165) is 16.0 Å². The monoisotopic (exact) mass is 533 g/mol. The third kappa shape index (κ3) is 3.83. The van der Waals surface area contributed by atoms with Crippen molar-refractivity contribution in [3.8, 4) is 0 Å². The number of thiazole rings is 2. The Labute approximate surface area is 209 Å². The Hall–Kier alpha value is -3.01. The molecule has 0 aromatic carbocycles. The van der Waals surface area contributed by atoms with Crippen molar-refractivity contribution in [1.82, 2.24) is 25.2 Å². The van der Waals surface area contributed by atoms with Crippen LogP contribution < -0.4 is 11.1 Å². The first-order valence-electron chi connectivity index (χ1n) is 9.65. The number of amides is 2. The number of hydrogen-bond donors (Lipinski definition) is 3. The van der Waals surface area contributed by atoms with Gasteiger partial charge in [-0.25, -0.2) is 15.0 Å². The predicted molar refractivity (Wildman–Crippen MR) is 133 cm³/mol. The standard InChI is InChI=1S/C19H15N7O4S4/c1-30-25-10(8-6-33-19(20)22-8)14(27)23-11-16(28)26-12(18(29)31)7(5-32-17(11)26)15-24-13-9(34-15)3-2-4-21-13/h2-4,6,11,17H,5H2,1H3,(H2,20,22)(H,23,27)(H,29,31)/b25-10-/t11?,17-/m1/s1. The fraction of sp³-hybridized carbons (Fsp3) is 0.211. The zero-order valence-electron chi connectivity index (χ0n) is 17.3. The van der Waals surface area contributed by atoms with Gasteiger partial charge in [0.25, 0.3) is 11.8 Å². The van der Waals surface area contributed by atoms with Crippen molar-refractivity contribution < 1.29 is 19.2 Å². The molecule has 2 amide bonds. The van der Waals surface area contributed by atoms with E-state index in [4.69, 9.17) is 10.6 Å². The van der Waals surface area contributed by atoms with Crippen LogP contribution in [0.25, 0.3) is 15.9 Å². The van der Waals surface area contributed by atoms with E-state index in [1.54, 1.807) is 11.6 Å². The Morgan fingerprint density at radius 3 is 2.88 bits per heavy atom.